The van der Waals surface area contributed by atoms with Crippen molar-refractivity contribution in [2.75, 3.05) is 31.1 Å². The van der Waals surface area contributed by atoms with E-state index in [9.17, 15) is 4.79 Å². The minimum Gasteiger partial charge on any atom is -0.342 e. The van der Waals surface area contributed by atoms with Crippen molar-refractivity contribution in [2.45, 2.75) is 45.4 Å². The normalized spacial score (nSPS) is 21.1. The van der Waals surface area contributed by atoms with Crippen LogP contribution in [0.4, 0.5) is 5.95 Å². The molecule has 0 aliphatic carbocycles. The topological polar surface area (TPSA) is 62.2 Å². The standard InChI is InChI=1S/C27H33N5O/c1-27(10-16-32(17-11-27)26-28-12-5-13-29-26)25(33)31-14-4-6-21(9-15-31)18-22-19-23-7-2-3-8-24(23)30-20-22/h2-3,5,7-8,12-13,19-21H,4,6,9-11,14-18H2,1H3/t21-/m1/s1. The summed E-state index contributed by atoms with van der Waals surface area (Å²) in [6.45, 7) is 5.56. The van der Waals surface area contributed by atoms with Crippen LogP contribution in [0, 0.1) is 11.3 Å². The number of likely N-dealkylation sites (tertiary alicyclic amines) is 1. The number of pyridine rings is 1. The predicted octanol–water partition coefficient (Wildman–Crippen LogP) is 4.50. The van der Waals surface area contributed by atoms with Crippen molar-refractivity contribution in [3.63, 3.8) is 0 Å². The molecule has 6 heteroatoms. The molecule has 1 amide bonds. The zero-order chi connectivity index (χ0) is 22.7. The molecule has 2 aliphatic rings. The second kappa shape index (κ2) is 9.46. The van der Waals surface area contributed by atoms with Crippen LogP contribution in [0.25, 0.3) is 10.9 Å². The first-order chi connectivity index (χ1) is 16.1. The summed E-state index contributed by atoms with van der Waals surface area (Å²) in [6.07, 6.45) is 11.7. The molecule has 0 bridgehead atoms. The Labute approximate surface area is 196 Å². The molecule has 2 aromatic heterocycles. The lowest BCUT2D eigenvalue weighted by Crippen LogP contribution is -2.49. The van der Waals surface area contributed by atoms with Crippen molar-refractivity contribution >= 4 is 22.8 Å². The second-order valence-corrected chi connectivity index (χ2v) is 9.93. The molecule has 4 heterocycles. The molecule has 3 aromatic rings. The number of piperidine rings is 1. The molecule has 5 rings (SSSR count). The summed E-state index contributed by atoms with van der Waals surface area (Å²) in [5.74, 6) is 1.72. The zero-order valence-electron chi connectivity index (χ0n) is 19.5. The van der Waals surface area contributed by atoms with Crippen LogP contribution in [0.15, 0.2) is 55.0 Å². The molecule has 2 saturated heterocycles. The molecule has 0 spiro atoms. The lowest BCUT2D eigenvalue weighted by atomic mass is 9.79. The van der Waals surface area contributed by atoms with E-state index in [1.807, 2.05) is 18.3 Å². The number of fused-ring (bicyclic) bond motifs is 1. The van der Waals surface area contributed by atoms with E-state index >= 15 is 0 Å². The smallest absolute Gasteiger partial charge is 0.228 e. The molecule has 2 fully saturated rings. The van der Waals surface area contributed by atoms with Gasteiger partial charge >= 0.3 is 0 Å². The Morgan fingerprint density at radius 1 is 1.00 bits per heavy atom. The van der Waals surface area contributed by atoms with Crippen LogP contribution in [-0.2, 0) is 11.2 Å². The first kappa shape index (κ1) is 21.8. The summed E-state index contributed by atoms with van der Waals surface area (Å²) in [5, 5.41) is 1.21. The molecule has 2 aliphatic heterocycles. The van der Waals surface area contributed by atoms with Crippen LogP contribution in [0.2, 0.25) is 0 Å². The van der Waals surface area contributed by atoms with Gasteiger partial charge in [-0.1, -0.05) is 25.1 Å². The number of carbonyl (C=O) groups excluding carboxylic acids is 1. The van der Waals surface area contributed by atoms with Gasteiger partial charge in [-0.05, 0) is 68.2 Å². The highest BCUT2D eigenvalue weighted by atomic mass is 16.2. The van der Waals surface area contributed by atoms with Crippen molar-refractivity contribution < 1.29 is 4.79 Å². The summed E-state index contributed by atoms with van der Waals surface area (Å²) in [7, 11) is 0. The van der Waals surface area contributed by atoms with Crippen molar-refractivity contribution in [1.29, 1.82) is 0 Å². The van der Waals surface area contributed by atoms with E-state index in [1.165, 1.54) is 17.4 Å². The molecule has 0 saturated carbocycles. The molecule has 172 valence electrons. The Morgan fingerprint density at radius 3 is 2.61 bits per heavy atom. The summed E-state index contributed by atoms with van der Waals surface area (Å²) in [5.41, 5.74) is 2.07. The Morgan fingerprint density at radius 2 is 1.79 bits per heavy atom. The average molecular weight is 444 g/mol. The molecular weight excluding hydrogens is 410 g/mol. The number of nitrogens with zero attached hydrogens (tertiary/aromatic N) is 5. The van der Waals surface area contributed by atoms with Gasteiger partial charge in [-0.25, -0.2) is 9.97 Å². The van der Waals surface area contributed by atoms with E-state index in [2.05, 4.69) is 55.9 Å². The first-order valence-corrected chi connectivity index (χ1v) is 12.3. The van der Waals surface area contributed by atoms with E-state index in [0.29, 0.717) is 11.8 Å². The van der Waals surface area contributed by atoms with Crippen LogP contribution in [0.3, 0.4) is 0 Å². The van der Waals surface area contributed by atoms with Crippen molar-refractivity contribution in [3.05, 3.63) is 60.6 Å². The maximum atomic E-state index is 13.5. The van der Waals surface area contributed by atoms with Crippen LogP contribution in [-0.4, -0.2) is 51.9 Å². The highest BCUT2D eigenvalue weighted by molar-refractivity contribution is 5.82. The Hall–Kier alpha value is -3.02. The lowest BCUT2D eigenvalue weighted by Gasteiger charge is -2.41. The number of aromatic nitrogens is 3. The number of benzene rings is 1. The molecule has 0 radical (unpaired) electrons. The Balaban J connectivity index is 1.17. The number of para-hydroxylation sites is 1. The highest BCUT2D eigenvalue weighted by Gasteiger charge is 2.40. The van der Waals surface area contributed by atoms with Crippen LogP contribution in [0.5, 0.6) is 0 Å². The van der Waals surface area contributed by atoms with Gasteiger partial charge in [0.2, 0.25) is 11.9 Å². The molecule has 1 aromatic carbocycles. The van der Waals surface area contributed by atoms with Crippen molar-refractivity contribution in [2.24, 2.45) is 11.3 Å². The molecule has 6 nitrogen and oxygen atoms in total. The molecule has 33 heavy (non-hydrogen) atoms. The Bertz CT molecular complexity index is 1090. The lowest BCUT2D eigenvalue weighted by molar-refractivity contribution is -0.142. The number of carbonyl (C=O) groups is 1. The van der Waals surface area contributed by atoms with E-state index in [0.717, 1.165) is 69.7 Å². The van der Waals surface area contributed by atoms with Crippen molar-refractivity contribution in [1.82, 2.24) is 19.9 Å². The zero-order valence-corrected chi connectivity index (χ0v) is 19.5. The van der Waals surface area contributed by atoms with E-state index < -0.39 is 0 Å². The third-order valence-corrected chi connectivity index (χ3v) is 7.52. The van der Waals surface area contributed by atoms with Gasteiger partial charge in [0.15, 0.2) is 0 Å². The fourth-order valence-electron chi connectivity index (χ4n) is 5.38. The maximum Gasteiger partial charge on any atom is 0.228 e. The molecule has 0 N–H and O–H groups in total. The van der Waals surface area contributed by atoms with Gasteiger partial charge in [0.25, 0.3) is 0 Å². The fraction of sp³-hybridized carbons (Fsp3) is 0.481. The monoisotopic (exact) mass is 443 g/mol. The number of anilines is 1. The van der Waals surface area contributed by atoms with Gasteiger partial charge in [-0.3, -0.25) is 9.78 Å². The third kappa shape index (κ3) is 4.85. The molecular formula is C27H33N5O. The number of hydrogen-bond acceptors (Lipinski definition) is 5. The fourth-order valence-corrected chi connectivity index (χ4v) is 5.38. The SMILES string of the molecule is CC1(C(=O)N2CCC[C@@H](Cc3cnc4ccccc4c3)CC2)CCN(c2ncccn2)CC1. The molecule has 1 atom stereocenters. The highest BCUT2D eigenvalue weighted by Crippen LogP contribution is 2.35. The predicted molar refractivity (Wildman–Crippen MR) is 131 cm³/mol. The van der Waals surface area contributed by atoms with Crippen LogP contribution < -0.4 is 4.90 Å². The van der Waals surface area contributed by atoms with Crippen molar-refractivity contribution in [3.8, 4) is 0 Å². The maximum absolute atomic E-state index is 13.5. The van der Waals surface area contributed by atoms with Gasteiger partial charge in [0, 0.05) is 55.6 Å². The summed E-state index contributed by atoms with van der Waals surface area (Å²) in [6, 6.07) is 12.4. The van der Waals surface area contributed by atoms with Gasteiger partial charge in [-0.2, -0.15) is 0 Å². The van der Waals surface area contributed by atoms with E-state index in [1.54, 1.807) is 12.4 Å². The number of amides is 1. The average Bonchev–Trinajstić information content (AvgIpc) is 3.10. The minimum absolute atomic E-state index is 0.284. The molecule has 0 unspecified atom stereocenters. The summed E-state index contributed by atoms with van der Waals surface area (Å²) >= 11 is 0. The van der Waals surface area contributed by atoms with Gasteiger partial charge in [0.05, 0.1) is 5.52 Å². The van der Waals surface area contributed by atoms with Gasteiger partial charge in [-0.15, -0.1) is 0 Å². The number of rotatable bonds is 4. The van der Waals surface area contributed by atoms with Crippen LogP contribution in [0.1, 0.15) is 44.6 Å². The van der Waals surface area contributed by atoms with E-state index in [4.69, 9.17) is 0 Å². The minimum atomic E-state index is -0.284. The van der Waals surface area contributed by atoms with E-state index in [-0.39, 0.29) is 5.41 Å². The largest absolute Gasteiger partial charge is 0.342 e. The quantitative estimate of drug-likeness (QED) is 0.594. The summed E-state index contributed by atoms with van der Waals surface area (Å²) < 4.78 is 0. The first-order valence-electron chi connectivity index (χ1n) is 12.3. The third-order valence-electron chi connectivity index (χ3n) is 7.52. The number of hydrogen-bond donors (Lipinski definition) is 0. The van der Waals surface area contributed by atoms with Gasteiger partial charge < -0.3 is 9.80 Å². The summed E-state index contributed by atoms with van der Waals surface area (Å²) in [4.78, 5) is 31.3. The van der Waals surface area contributed by atoms with Gasteiger partial charge in [0.1, 0.15) is 0 Å². The second-order valence-electron chi connectivity index (χ2n) is 9.93. The Kier molecular flexibility index (Phi) is 6.25. The van der Waals surface area contributed by atoms with Crippen LogP contribution >= 0.6 is 0 Å².